The van der Waals surface area contributed by atoms with Gasteiger partial charge in [0.15, 0.2) is 0 Å². The van der Waals surface area contributed by atoms with Crippen LogP contribution >= 0.6 is 0 Å². The molecule has 0 radical (unpaired) electrons. The highest BCUT2D eigenvalue weighted by Gasteiger charge is 2.20. The fourth-order valence-corrected chi connectivity index (χ4v) is 5.85. The molecule has 0 heterocycles. The van der Waals surface area contributed by atoms with Gasteiger partial charge in [0.05, 0.1) is 5.92 Å². The van der Waals surface area contributed by atoms with Crippen molar-refractivity contribution in [2.75, 3.05) is 0 Å². The van der Waals surface area contributed by atoms with Gasteiger partial charge in [-0.15, -0.1) is 0 Å². The number of carbonyl (C=O) groups is 2. The second-order valence-electron chi connectivity index (χ2n) is 14.6. The van der Waals surface area contributed by atoms with Crippen molar-refractivity contribution in [3.63, 3.8) is 0 Å². The quantitative estimate of drug-likeness (QED) is 0.0766. The maximum absolute atomic E-state index is 11.1. The molecule has 1 unspecified atom stereocenters. The van der Waals surface area contributed by atoms with Crippen LogP contribution in [0.2, 0.25) is 0 Å². The normalized spacial score (nSPS) is 12.1. The molecule has 2 N–H and O–H groups in total. The Kier molecular flexibility index (Phi) is 34.7. The van der Waals surface area contributed by atoms with E-state index < -0.39 is 11.9 Å². The number of carboxylic acids is 2. The second-order valence-corrected chi connectivity index (χ2v) is 14.6. The lowest BCUT2D eigenvalue weighted by atomic mass is 9.90. The summed E-state index contributed by atoms with van der Waals surface area (Å²) in [6.45, 7) is 13.3. The van der Waals surface area contributed by atoms with Crippen LogP contribution in [-0.2, 0) is 9.59 Å². The van der Waals surface area contributed by atoms with E-state index in [4.69, 9.17) is 10.2 Å². The van der Waals surface area contributed by atoms with E-state index in [9.17, 15) is 9.59 Å². The van der Waals surface area contributed by atoms with Gasteiger partial charge in [0, 0.05) is 6.42 Å². The van der Waals surface area contributed by atoms with Crippen molar-refractivity contribution in [3.05, 3.63) is 0 Å². The van der Waals surface area contributed by atoms with E-state index >= 15 is 0 Å². The summed E-state index contributed by atoms with van der Waals surface area (Å²) in [5.41, 5.74) is 0. The summed E-state index contributed by atoms with van der Waals surface area (Å²) < 4.78 is 0. The Hall–Kier alpha value is -1.06. The minimum atomic E-state index is -0.654. The second kappa shape index (κ2) is 33.8. The summed E-state index contributed by atoms with van der Waals surface area (Å²) in [5, 5.41) is 17.7. The maximum atomic E-state index is 11.1. The van der Waals surface area contributed by atoms with Crippen LogP contribution in [0.5, 0.6) is 0 Å². The number of rotatable bonds is 31. The third kappa shape index (κ3) is 38.9. The predicted molar refractivity (Wildman–Crippen MR) is 188 cm³/mol. The standard InChI is InChI=1S/C21H42O2.C18H36O2/c1-18(2)16-14-12-10-8-6-5-7-9-11-13-15-17-20(19(3)4)21(22)23;1-17(2)15-13-11-9-7-5-3-4-6-8-10-12-14-16-18(19)20/h18-20H,5-17H2,1-4H3,(H,22,23);17H,3-16H2,1-2H3,(H,19,20). The fraction of sp³-hybridized carbons (Fsp3) is 0.949. The van der Waals surface area contributed by atoms with Crippen LogP contribution in [0, 0.1) is 23.7 Å². The lowest BCUT2D eigenvalue weighted by Crippen LogP contribution is -2.19. The Morgan fingerprint density at radius 1 is 0.395 bits per heavy atom. The molecule has 0 bridgehead atoms. The number of aliphatic carboxylic acids is 2. The summed E-state index contributed by atoms with van der Waals surface area (Å²) in [5.74, 6) is 0.567. The molecule has 1 atom stereocenters. The van der Waals surface area contributed by atoms with Crippen molar-refractivity contribution in [1.82, 2.24) is 0 Å². The lowest BCUT2D eigenvalue weighted by molar-refractivity contribution is -0.143. The van der Waals surface area contributed by atoms with E-state index in [2.05, 4.69) is 27.7 Å². The molecule has 0 aliphatic rings. The predicted octanol–water partition coefficient (Wildman–Crippen LogP) is 13.3. The third-order valence-corrected chi connectivity index (χ3v) is 8.84. The first kappa shape index (κ1) is 44.1. The first-order valence-corrected chi connectivity index (χ1v) is 19.0. The molecule has 0 saturated carbocycles. The van der Waals surface area contributed by atoms with Crippen LogP contribution in [0.25, 0.3) is 0 Å². The van der Waals surface area contributed by atoms with Crippen LogP contribution in [-0.4, -0.2) is 22.2 Å². The molecule has 0 aromatic rings. The van der Waals surface area contributed by atoms with Gasteiger partial charge in [-0.3, -0.25) is 9.59 Å². The summed E-state index contributed by atoms with van der Waals surface area (Å²) in [4.78, 5) is 21.4. The van der Waals surface area contributed by atoms with Gasteiger partial charge in [0.1, 0.15) is 0 Å². The molecule has 0 aromatic heterocycles. The van der Waals surface area contributed by atoms with Crippen LogP contribution in [0.4, 0.5) is 0 Å². The van der Waals surface area contributed by atoms with E-state index in [1.807, 2.05) is 13.8 Å². The Bertz CT molecular complexity index is 584. The number of hydrogen-bond donors (Lipinski definition) is 2. The molecule has 0 rings (SSSR count). The summed E-state index contributed by atoms with van der Waals surface area (Å²) in [6.07, 6.45) is 34.2. The zero-order chi connectivity index (χ0) is 32.6. The molecular weight excluding hydrogens is 532 g/mol. The Morgan fingerprint density at radius 2 is 0.651 bits per heavy atom. The molecule has 258 valence electrons. The molecule has 0 spiro atoms. The molecule has 0 saturated heterocycles. The van der Waals surface area contributed by atoms with Gasteiger partial charge in [-0.25, -0.2) is 0 Å². The summed E-state index contributed by atoms with van der Waals surface area (Å²) in [6, 6.07) is 0. The average Bonchev–Trinajstić information content (AvgIpc) is 2.92. The van der Waals surface area contributed by atoms with E-state index in [-0.39, 0.29) is 11.8 Å². The van der Waals surface area contributed by atoms with Gasteiger partial charge in [0.2, 0.25) is 0 Å². The average molecular weight is 611 g/mol. The number of carboxylic acid groups (broad SMARTS) is 2. The monoisotopic (exact) mass is 611 g/mol. The minimum Gasteiger partial charge on any atom is -0.481 e. The number of unbranched alkanes of at least 4 members (excludes halogenated alkanes) is 21. The van der Waals surface area contributed by atoms with Crippen molar-refractivity contribution in [2.45, 2.75) is 215 Å². The van der Waals surface area contributed by atoms with Crippen LogP contribution < -0.4 is 0 Å². The lowest BCUT2D eigenvalue weighted by Gasteiger charge is -2.15. The van der Waals surface area contributed by atoms with E-state index in [1.54, 1.807) is 0 Å². The Labute approximate surface area is 270 Å². The molecule has 0 aromatic carbocycles. The summed E-state index contributed by atoms with van der Waals surface area (Å²) >= 11 is 0. The van der Waals surface area contributed by atoms with E-state index in [0.29, 0.717) is 6.42 Å². The van der Waals surface area contributed by atoms with Crippen LogP contribution in [0.15, 0.2) is 0 Å². The molecular formula is C39H78O4. The molecule has 43 heavy (non-hydrogen) atoms. The SMILES string of the molecule is CC(C)CCCCCCCCCCCCCC(C(=O)O)C(C)C.CC(C)CCCCCCCCCCCCCCC(=O)O. The van der Waals surface area contributed by atoms with Crippen molar-refractivity contribution in [3.8, 4) is 0 Å². The topological polar surface area (TPSA) is 74.6 Å². The Balaban J connectivity index is 0. The molecule has 4 heteroatoms. The van der Waals surface area contributed by atoms with Gasteiger partial charge in [-0.2, -0.15) is 0 Å². The smallest absolute Gasteiger partial charge is 0.306 e. The zero-order valence-corrected chi connectivity index (χ0v) is 30.1. The van der Waals surface area contributed by atoms with Crippen molar-refractivity contribution in [1.29, 1.82) is 0 Å². The van der Waals surface area contributed by atoms with Crippen molar-refractivity contribution >= 4 is 11.9 Å². The van der Waals surface area contributed by atoms with Crippen molar-refractivity contribution < 1.29 is 19.8 Å². The molecule has 0 fully saturated rings. The summed E-state index contributed by atoms with van der Waals surface area (Å²) in [7, 11) is 0. The number of hydrogen-bond acceptors (Lipinski definition) is 2. The van der Waals surface area contributed by atoms with Gasteiger partial charge in [-0.05, 0) is 30.6 Å². The third-order valence-electron chi connectivity index (χ3n) is 8.84. The minimum absolute atomic E-state index is 0.148. The van der Waals surface area contributed by atoms with E-state index in [1.165, 1.54) is 141 Å². The molecule has 0 amide bonds. The van der Waals surface area contributed by atoms with E-state index in [0.717, 1.165) is 37.5 Å². The van der Waals surface area contributed by atoms with Gasteiger partial charge in [-0.1, -0.05) is 196 Å². The molecule has 0 aliphatic heterocycles. The molecule has 4 nitrogen and oxygen atoms in total. The fourth-order valence-electron chi connectivity index (χ4n) is 5.85. The van der Waals surface area contributed by atoms with Gasteiger partial charge >= 0.3 is 11.9 Å². The Morgan fingerprint density at radius 3 is 0.884 bits per heavy atom. The zero-order valence-electron chi connectivity index (χ0n) is 30.1. The van der Waals surface area contributed by atoms with Gasteiger partial charge in [0.25, 0.3) is 0 Å². The largest absolute Gasteiger partial charge is 0.481 e. The first-order valence-electron chi connectivity index (χ1n) is 19.0. The highest BCUT2D eigenvalue weighted by Crippen LogP contribution is 2.20. The molecule has 0 aliphatic carbocycles. The highest BCUT2D eigenvalue weighted by molar-refractivity contribution is 5.70. The van der Waals surface area contributed by atoms with Crippen LogP contribution in [0.1, 0.15) is 215 Å². The highest BCUT2D eigenvalue weighted by atomic mass is 16.4. The maximum Gasteiger partial charge on any atom is 0.306 e. The van der Waals surface area contributed by atoms with Gasteiger partial charge < -0.3 is 10.2 Å². The van der Waals surface area contributed by atoms with Crippen molar-refractivity contribution in [2.24, 2.45) is 23.7 Å². The van der Waals surface area contributed by atoms with Crippen LogP contribution in [0.3, 0.4) is 0 Å². The first-order chi connectivity index (χ1) is 20.6.